The van der Waals surface area contributed by atoms with Crippen LogP contribution in [0.15, 0.2) is 23.1 Å². The number of likely N-dealkylation sites (tertiary alicyclic amines) is 1. The van der Waals surface area contributed by atoms with Gasteiger partial charge in [0.2, 0.25) is 0 Å². The average molecular weight is 292 g/mol. The van der Waals surface area contributed by atoms with Crippen LogP contribution in [0.3, 0.4) is 0 Å². The number of aliphatic hydroxyl groups is 1. The third-order valence-electron chi connectivity index (χ3n) is 2.85. The lowest BCUT2D eigenvalue weighted by Gasteiger charge is -2.38. The van der Waals surface area contributed by atoms with E-state index >= 15 is 0 Å². The first-order valence-electron chi connectivity index (χ1n) is 5.60. The van der Waals surface area contributed by atoms with Crippen molar-refractivity contribution in [2.75, 3.05) is 32.0 Å². The summed E-state index contributed by atoms with van der Waals surface area (Å²) in [6, 6.07) is 5.54. The molecular formula is C12H15Cl2NOS. The fourth-order valence-corrected chi connectivity index (χ4v) is 3.35. The Bertz CT molecular complexity index is 383. The summed E-state index contributed by atoms with van der Waals surface area (Å²) in [4.78, 5) is 3.38. The number of halogens is 2. The van der Waals surface area contributed by atoms with E-state index < -0.39 is 0 Å². The van der Waals surface area contributed by atoms with Gasteiger partial charge in [-0.05, 0) is 18.2 Å². The van der Waals surface area contributed by atoms with Crippen molar-refractivity contribution in [2.45, 2.75) is 4.90 Å². The number of hydrogen-bond acceptors (Lipinski definition) is 3. The normalized spacial score (nSPS) is 17.1. The molecule has 1 aliphatic rings. The molecule has 1 fully saturated rings. The minimum absolute atomic E-state index is 0.309. The van der Waals surface area contributed by atoms with Gasteiger partial charge in [0.25, 0.3) is 0 Å². The molecule has 1 aromatic carbocycles. The van der Waals surface area contributed by atoms with Gasteiger partial charge >= 0.3 is 0 Å². The highest BCUT2D eigenvalue weighted by Crippen LogP contribution is 2.30. The summed E-state index contributed by atoms with van der Waals surface area (Å²) >= 11 is 13.7. The van der Waals surface area contributed by atoms with Crippen LogP contribution in [-0.2, 0) is 0 Å². The van der Waals surface area contributed by atoms with Crippen LogP contribution in [-0.4, -0.2) is 42.0 Å². The fourth-order valence-electron chi connectivity index (χ4n) is 1.85. The van der Waals surface area contributed by atoms with Crippen LogP contribution in [0.4, 0.5) is 0 Å². The van der Waals surface area contributed by atoms with Crippen LogP contribution in [0.5, 0.6) is 0 Å². The van der Waals surface area contributed by atoms with Crippen molar-refractivity contribution in [3.05, 3.63) is 28.2 Å². The van der Waals surface area contributed by atoms with E-state index in [9.17, 15) is 0 Å². The largest absolute Gasteiger partial charge is 0.396 e. The average Bonchev–Trinajstić information content (AvgIpc) is 2.26. The lowest BCUT2D eigenvalue weighted by Crippen LogP contribution is -2.48. The van der Waals surface area contributed by atoms with Gasteiger partial charge < -0.3 is 10.0 Å². The highest BCUT2D eigenvalue weighted by molar-refractivity contribution is 7.99. The van der Waals surface area contributed by atoms with Gasteiger partial charge in [0.05, 0.1) is 5.02 Å². The van der Waals surface area contributed by atoms with Crippen molar-refractivity contribution >= 4 is 35.0 Å². The van der Waals surface area contributed by atoms with Crippen molar-refractivity contribution in [1.29, 1.82) is 0 Å². The first-order valence-corrected chi connectivity index (χ1v) is 7.34. The van der Waals surface area contributed by atoms with Gasteiger partial charge in [0, 0.05) is 47.8 Å². The van der Waals surface area contributed by atoms with Crippen molar-refractivity contribution in [3.63, 3.8) is 0 Å². The molecule has 17 heavy (non-hydrogen) atoms. The molecule has 0 aliphatic carbocycles. The molecule has 0 aromatic heterocycles. The zero-order chi connectivity index (χ0) is 12.3. The smallest absolute Gasteiger partial charge is 0.0542 e. The molecule has 0 saturated carbocycles. The quantitative estimate of drug-likeness (QED) is 0.844. The zero-order valence-electron chi connectivity index (χ0n) is 9.40. The van der Waals surface area contributed by atoms with Gasteiger partial charge in [-0.2, -0.15) is 0 Å². The maximum absolute atomic E-state index is 8.91. The number of benzene rings is 1. The van der Waals surface area contributed by atoms with Crippen molar-refractivity contribution in [1.82, 2.24) is 4.90 Å². The summed E-state index contributed by atoms with van der Waals surface area (Å²) in [5.74, 6) is 1.48. The Balaban J connectivity index is 1.73. The minimum Gasteiger partial charge on any atom is -0.396 e. The minimum atomic E-state index is 0.309. The summed E-state index contributed by atoms with van der Waals surface area (Å²) < 4.78 is 0. The molecule has 0 spiro atoms. The predicted molar refractivity (Wildman–Crippen MR) is 74.2 cm³/mol. The van der Waals surface area contributed by atoms with Crippen LogP contribution in [0.2, 0.25) is 10.0 Å². The highest BCUT2D eigenvalue weighted by atomic mass is 35.5. The molecule has 0 atom stereocenters. The molecule has 0 amide bonds. The highest BCUT2D eigenvalue weighted by Gasteiger charge is 2.24. The zero-order valence-corrected chi connectivity index (χ0v) is 11.7. The summed E-state index contributed by atoms with van der Waals surface area (Å²) in [7, 11) is 0. The topological polar surface area (TPSA) is 23.5 Å². The van der Waals surface area contributed by atoms with Gasteiger partial charge in [0.15, 0.2) is 0 Å². The van der Waals surface area contributed by atoms with E-state index in [0.717, 1.165) is 40.3 Å². The molecule has 1 aromatic rings. The van der Waals surface area contributed by atoms with Crippen molar-refractivity contribution in [2.24, 2.45) is 5.92 Å². The number of hydrogen-bond donors (Lipinski definition) is 1. The van der Waals surface area contributed by atoms with E-state index in [4.69, 9.17) is 28.3 Å². The standard InChI is InChI=1S/C12H15Cl2NOS/c13-10-1-2-11(14)12(5-10)17-4-3-15-6-9(7-15)8-16/h1-2,5,9,16H,3-4,6-8H2. The SMILES string of the molecule is OCC1CN(CCSc2cc(Cl)ccc2Cl)C1. The van der Waals surface area contributed by atoms with E-state index in [-0.39, 0.29) is 0 Å². The Hall–Kier alpha value is 0.0700. The molecule has 94 valence electrons. The summed E-state index contributed by atoms with van der Waals surface area (Å²) in [6.45, 7) is 3.37. The Labute approximate surface area is 116 Å². The Morgan fingerprint density at radius 2 is 2.12 bits per heavy atom. The molecule has 1 N–H and O–H groups in total. The third-order valence-corrected chi connectivity index (χ3v) is 4.56. The first kappa shape index (κ1) is 13.5. The molecule has 1 aliphatic heterocycles. The van der Waals surface area contributed by atoms with Crippen LogP contribution < -0.4 is 0 Å². The van der Waals surface area contributed by atoms with Gasteiger partial charge in [-0.25, -0.2) is 0 Å². The second-order valence-electron chi connectivity index (χ2n) is 4.23. The third kappa shape index (κ3) is 3.76. The molecule has 0 bridgehead atoms. The molecule has 2 nitrogen and oxygen atoms in total. The van der Waals surface area contributed by atoms with E-state index in [1.165, 1.54) is 0 Å². The molecule has 1 saturated heterocycles. The van der Waals surface area contributed by atoms with E-state index in [1.807, 2.05) is 12.1 Å². The maximum atomic E-state index is 8.91. The Morgan fingerprint density at radius 3 is 2.82 bits per heavy atom. The molecule has 5 heteroatoms. The molecule has 2 rings (SSSR count). The van der Waals surface area contributed by atoms with Gasteiger partial charge in [-0.15, -0.1) is 11.8 Å². The number of aliphatic hydroxyl groups excluding tert-OH is 1. The molecular weight excluding hydrogens is 277 g/mol. The molecule has 0 radical (unpaired) electrons. The Kier molecular flexibility index (Phi) is 5.00. The summed E-state index contributed by atoms with van der Waals surface area (Å²) in [5.41, 5.74) is 0. The maximum Gasteiger partial charge on any atom is 0.0542 e. The fraction of sp³-hybridized carbons (Fsp3) is 0.500. The molecule has 0 unspecified atom stereocenters. The van der Waals surface area contributed by atoms with Crippen LogP contribution in [0.25, 0.3) is 0 Å². The van der Waals surface area contributed by atoms with Gasteiger partial charge in [0.1, 0.15) is 0 Å². The van der Waals surface area contributed by atoms with E-state index in [1.54, 1.807) is 17.8 Å². The molecule has 1 heterocycles. The second-order valence-corrected chi connectivity index (χ2v) is 6.21. The van der Waals surface area contributed by atoms with E-state index in [0.29, 0.717) is 12.5 Å². The summed E-state index contributed by atoms with van der Waals surface area (Å²) in [5, 5.41) is 10.4. The van der Waals surface area contributed by atoms with Crippen molar-refractivity contribution in [3.8, 4) is 0 Å². The Morgan fingerprint density at radius 1 is 1.35 bits per heavy atom. The second kappa shape index (κ2) is 6.30. The first-order chi connectivity index (χ1) is 8.19. The van der Waals surface area contributed by atoms with Crippen LogP contribution in [0.1, 0.15) is 0 Å². The van der Waals surface area contributed by atoms with Crippen LogP contribution >= 0.6 is 35.0 Å². The van der Waals surface area contributed by atoms with Gasteiger partial charge in [-0.3, -0.25) is 0 Å². The number of thioether (sulfide) groups is 1. The summed E-state index contributed by atoms with van der Waals surface area (Å²) in [6.07, 6.45) is 0. The lowest BCUT2D eigenvalue weighted by atomic mass is 10.0. The number of nitrogens with zero attached hydrogens (tertiary/aromatic N) is 1. The van der Waals surface area contributed by atoms with Crippen LogP contribution in [0, 0.1) is 5.92 Å². The predicted octanol–water partition coefficient (Wildman–Crippen LogP) is 3.01. The van der Waals surface area contributed by atoms with Crippen molar-refractivity contribution < 1.29 is 5.11 Å². The monoisotopic (exact) mass is 291 g/mol. The van der Waals surface area contributed by atoms with E-state index in [2.05, 4.69) is 4.90 Å². The lowest BCUT2D eigenvalue weighted by molar-refractivity contribution is 0.0595. The van der Waals surface area contributed by atoms with Gasteiger partial charge in [-0.1, -0.05) is 23.2 Å². The number of rotatable bonds is 5.